The summed E-state index contributed by atoms with van der Waals surface area (Å²) in [6, 6.07) is 7.22. The number of benzene rings is 1. The van der Waals surface area contributed by atoms with Gasteiger partial charge < -0.3 is 15.0 Å². The summed E-state index contributed by atoms with van der Waals surface area (Å²) >= 11 is 1.19. The first-order chi connectivity index (χ1) is 11.5. The molecule has 0 aliphatic heterocycles. The van der Waals surface area contributed by atoms with Gasteiger partial charge in [0.2, 0.25) is 17.0 Å². The number of aromatic nitrogens is 4. The lowest BCUT2D eigenvalue weighted by atomic mass is 10.3. The second kappa shape index (κ2) is 8.29. The van der Waals surface area contributed by atoms with Crippen LogP contribution in [-0.2, 0) is 9.59 Å². The topological polar surface area (TPSA) is 102 Å². The Morgan fingerprint density at radius 2 is 2.00 bits per heavy atom. The highest BCUT2D eigenvalue weighted by atomic mass is 32.2. The fraction of sp³-hybridized carbons (Fsp3) is 0.357. The van der Waals surface area contributed by atoms with Crippen LogP contribution in [0.4, 0.5) is 0 Å². The van der Waals surface area contributed by atoms with Gasteiger partial charge in [0.15, 0.2) is 0 Å². The summed E-state index contributed by atoms with van der Waals surface area (Å²) in [5, 5.41) is 14.5. The molecule has 0 fully saturated rings. The van der Waals surface area contributed by atoms with Gasteiger partial charge in [0.05, 0.1) is 25.1 Å². The Bertz CT molecular complexity index is 701. The van der Waals surface area contributed by atoms with Crippen molar-refractivity contribution in [1.82, 2.24) is 30.4 Å². The van der Waals surface area contributed by atoms with E-state index in [0.717, 1.165) is 11.4 Å². The SMILES string of the molecule is COc1ccc(-n2nnnc2SCC(=O)NCC(=O)N(C)C)cc1. The van der Waals surface area contributed by atoms with E-state index in [-0.39, 0.29) is 24.1 Å². The zero-order valence-corrected chi connectivity index (χ0v) is 14.4. The van der Waals surface area contributed by atoms with E-state index in [0.29, 0.717) is 5.16 Å². The second-order valence-corrected chi connectivity index (χ2v) is 5.87. The first-order valence-electron chi connectivity index (χ1n) is 7.03. The van der Waals surface area contributed by atoms with Gasteiger partial charge in [-0.25, -0.2) is 0 Å². The average Bonchev–Trinajstić information content (AvgIpc) is 3.06. The third kappa shape index (κ3) is 4.69. The maximum Gasteiger partial charge on any atom is 0.241 e. The molecule has 2 rings (SSSR count). The van der Waals surface area contributed by atoms with Gasteiger partial charge in [0.25, 0.3) is 0 Å². The van der Waals surface area contributed by atoms with Crippen LogP contribution in [0.15, 0.2) is 29.4 Å². The summed E-state index contributed by atoms with van der Waals surface area (Å²) in [4.78, 5) is 24.6. The van der Waals surface area contributed by atoms with Gasteiger partial charge in [0.1, 0.15) is 5.75 Å². The number of hydrogen-bond donors (Lipinski definition) is 1. The van der Waals surface area contributed by atoms with Crippen LogP contribution in [0.25, 0.3) is 5.69 Å². The fourth-order valence-corrected chi connectivity index (χ4v) is 2.39. The Morgan fingerprint density at radius 3 is 2.62 bits per heavy atom. The molecule has 0 radical (unpaired) electrons. The number of likely N-dealkylation sites (N-methyl/N-ethyl adjacent to an activating group) is 1. The molecule has 0 saturated heterocycles. The molecule has 2 aromatic rings. The number of ether oxygens (including phenoxy) is 1. The largest absolute Gasteiger partial charge is 0.497 e. The summed E-state index contributed by atoms with van der Waals surface area (Å²) in [5.74, 6) is 0.402. The number of amides is 2. The van der Waals surface area contributed by atoms with E-state index in [9.17, 15) is 9.59 Å². The molecule has 0 spiro atoms. The van der Waals surface area contributed by atoms with E-state index in [2.05, 4.69) is 20.8 Å². The predicted octanol–water partition coefficient (Wildman–Crippen LogP) is -0.0326. The first kappa shape index (κ1) is 17.7. The molecule has 1 heterocycles. The molecule has 0 saturated carbocycles. The maximum atomic E-state index is 11.8. The summed E-state index contributed by atoms with van der Waals surface area (Å²) in [5.41, 5.74) is 0.756. The zero-order valence-electron chi connectivity index (χ0n) is 13.6. The Morgan fingerprint density at radius 1 is 1.29 bits per heavy atom. The van der Waals surface area contributed by atoms with Gasteiger partial charge in [-0.2, -0.15) is 4.68 Å². The molecule has 0 aliphatic carbocycles. The third-order valence-electron chi connectivity index (χ3n) is 3.03. The number of hydrogen-bond acceptors (Lipinski definition) is 7. The number of carbonyl (C=O) groups is 2. The van der Waals surface area contributed by atoms with Crippen molar-refractivity contribution in [3.05, 3.63) is 24.3 Å². The van der Waals surface area contributed by atoms with Crippen LogP contribution in [0, 0.1) is 0 Å². The summed E-state index contributed by atoms with van der Waals surface area (Å²) < 4.78 is 6.64. The minimum atomic E-state index is -0.264. The zero-order chi connectivity index (χ0) is 17.5. The number of thioether (sulfide) groups is 1. The highest BCUT2D eigenvalue weighted by Crippen LogP contribution is 2.20. The molecular formula is C14H18N6O3S. The van der Waals surface area contributed by atoms with Gasteiger partial charge in [-0.05, 0) is 34.7 Å². The van der Waals surface area contributed by atoms with Crippen LogP contribution in [0.5, 0.6) is 5.75 Å². The van der Waals surface area contributed by atoms with E-state index >= 15 is 0 Å². The van der Waals surface area contributed by atoms with E-state index in [1.807, 2.05) is 12.1 Å². The standard InChI is InChI=1S/C14H18N6O3S/c1-19(2)13(22)8-15-12(21)9-24-14-16-17-18-20(14)10-4-6-11(23-3)7-5-10/h4-7H,8-9H2,1-3H3,(H,15,21). The second-order valence-electron chi connectivity index (χ2n) is 4.92. The molecule has 0 unspecified atom stereocenters. The highest BCUT2D eigenvalue weighted by Gasteiger charge is 2.12. The van der Waals surface area contributed by atoms with Crippen molar-refractivity contribution in [2.24, 2.45) is 0 Å². The smallest absolute Gasteiger partial charge is 0.241 e. The van der Waals surface area contributed by atoms with Crippen molar-refractivity contribution in [2.75, 3.05) is 33.5 Å². The van der Waals surface area contributed by atoms with E-state index in [1.54, 1.807) is 33.3 Å². The number of nitrogens with zero attached hydrogens (tertiary/aromatic N) is 5. The van der Waals surface area contributed by atoms with E-state index < -0.39 is 0 Å². The highest BCUT2D eigenvalue weighted by molar-refractivity contribution is 7.99. The van der Waals surface area contributed by atoms with Crippen molar-refractivity contribution in [3.63, 3.8) is 0 Å². The number of rotatable bonds is 7. The Kier molecular flexibility index (Phi) is 6.13. The lowest BCUT2D eigenvalue weighted by Gasteiger charge is -2.10. The molecule has 24 heavy (non-hydrogen) atoms. The van der Waals surface area contributed by atoms with Crippen LogP contribution in [0.3, 0.4) is 0 Å². The molecule has 1 aromatic heterocycles. The van der Waals surface area contributed by atoms with E-state index in [4.69, 9.17) is 4.74 Å². The molecule has 2 amide bonds. The molecule has 9 nitrogen and oxygen atoms in total. The Hall–Kier alpha value is -2.62. The van der Waals surface area contributed by atoms with Crippen molar-refractivity contribution in [3.8, 4) is 11.4 Å². The molecule has 128 valence electrons. The van der Waals surface area contributed by atoms with Crippen LogP contribution in [-0.4, -0.2) is 70.4 Å². The fourth-order valence-electron chi connectivity index (χ4n) is 1.67. The summed E-state index contributed by atoms with van der Waals surface area (Å²) in [6.07, 6.45) is 0. The van der Waals surface area contributed by atoms with E-state index in [1.165, 1.54) is 21.3 Å². The van der Waals surface area contributed by atoms with Crippen molar-refractivity contribution in [1.29, 1.82) is 0 Å². The first-order valence-corrected chi connectivity index (χ1v) is 8.02. The molecule has 1 N–H and O–H groups in total. The molecule has 1 aromatic carbocycles. The summed E-state index contributed by atoms with van der Waals surface area (Å²) in [7, 11) is 4.85. The van der Waals surface area contributed by atoms with Crippen LogP contribution >= 0.6 is 11.8 Å². The Labute approximate surface area is 143 Å². The Balaban J connectivity index is 1.93. The number of tetrazole rings is 1. The van der Waals surface area contributed by atoms with Gasteiger partial charge in [0, 0.05) is 14.1 Å². The van der Waals surface area contributed by atoms with Gasteiger partial charge in [-0.1, -0.05) is 11.8 Å². The van der Waals surface area contributed by atoms with Crippen LogP contribution in [0.2, 0.25) is 0 Å². The minimum Gasteiger partial charge on any atom is -0.497 e. The molecular weight excluding hydrogens is 332 g/mol. The predicted molar refractivity (Wildman–Crippen MR) is 88.1 cm³/mol. The number of methoxy groups -OCH3 is 1. The normalized spacial score (nSPS) is 10.3. The average molecular weight is 350 g/mol. The number of carbonyl (C=O) groups excluding carboxylic acids is 2. The molecule has 10 heteroatoms. The van der Waals surface area contributed by atoms with Gasteiger partial charge in [-0.15, -0.1) is 5.10 Å². The quantitative estimate of drug-likeness (QED) is 0.699. The van der Waals surface area contributed by atoms with Gasteiger partial charge in [-0.3, -0.25) is 9.59 Å². The van der Waals surface area contributed by atoms with Crippen LogP contribution < -0.4 is 10.1 Å². The van der Waals surface area contributed by atoms with Crippen molar-refractivity contribution in [2.45, 2.75) is 5.16 Å². The molecule has 0 bridgehead atoms. The van der Waals surface area contributed by atoms with Crippen molar-refractivity contribution >= 4 is 23.6 Å². The summed E-state index contributed by atoms with van der Waals surface area (Å²) in [6.45, 7) is -0.0319. The lowest BCUT2D eigenvalue weighted by Crippen LogP contribution is -2.37. The molecule has 0 aliphatic rings. The molecule has 0 atom stereocenters. The lowest BCUT2D eigenvalue weighted by molar-refractivity contribution is -0.130. The van der Waals surface area contributed by atoms with Gasteiger partial charge >= 0.3 is 0 Å². The minimum absolute atomic E-state index is 0.0319. The number of nitrogens with one attached hydrogen (secondary N) is 1. The van der Waals surface area contributed by atoms with Crippen molar-refractivity contribution < 1.29 is 14.3 Å². The monoisotopic (exact) mass is 350 g/mol. The van der Waals surface area contributed by atoms with Crippen LogP contribution in [0.1, 0.15) is 0 Å². The maximum absolute atomic E-state index is 11.8. The third-order valence-corrected chi connectivity index (χ3v) is 3.95.